The molecule has 0 saturated heterocycles. The minimum atomic E-state index is -1.13. The number of hydrogen-bond acceptors (Lipinski definition) is 7. The minimum absolute atomic E-state index is 0.000693. The van der Waals surface area contributed by atoms with Crippen LogP contribution < -0.4 is 20.1 Å². The van der Waals surface area contributed by atoms with Crippen molar-refractivity contribution in [1.82, 2.24) is 15.0 Å². The Morgan fingerprint density at radius 2 is 1.77 bits per heavy atom. The number of methoxy groups -OCH3 is 1. The first-order chi connectivity index (χ1) is 19.3. The summed E-state index contributed by atoms with van der Waals surface area (Å²) in [5, 5.41) is 22.7. The van der Waals surface area contributed by atoms with E-state index in [0.717, 1.165) is 5.56 Å². The molecule has 0 fully saturated rings. The number of benzene rings is 3. The quantitative estimate of drug-likeness (QED) is 0.240. The highest BCUT2D eigenvalue weighted by atomic mass is 16.5. The van der Waals surface area contributed by atoms with Gasteiger partial charge >= 0.3 is 5.97 Å². The first-order valence-corrected chi connectivity index (χ1v) is 12.2. The van der Waals surface area contributed by atoms with Gasteiger partial charge in [-0.15, -0.1) is 5.10 Å². The lowest BCUT2D eigenvalue weighted by molar-refractivity contribution is -0.117. The Hall–Kier alpha value is -5.45. The summed E-state index contributed by atoms with van der Waals surface area (Å²) >= 11 is 0. The van der Waals surface area contributed by atoms with E-state index >= 15 is 0 Å². The molecule has 11 heteroatoms. The second kappa shape index (κ2) is 12.9. The second-order valence-electron chi connectivity index (χ2n) is 8.69. The zero-order chi connectivity index (χ0) is 28.5. The van der Waals surface area contributed by atoms with Crippen molar-refractivity contribution < 1.29 is 29.0 Å². The number of rotatable bonds is 11. The average Bonchev–Trinajstić information content (AvgIpc) is 3.39. The van der Waals surface area contributed by atoms with Gasteiger partial charge in [-0.3, -0.25) is 9.59 Å². The van der Waals surface area contributed by atoms with E-state index in [4.69, 9.17) is 9.47 Å². The molecule has 0 aliphatic carbocycles. The number of aryl methyl sites for hydroxylation is 1. The first kappa shape index (κ1) is 27.6. The summed E-state index contributed by atoms with van der Waals surface area (Å²) in [6.45, 7) is 2.07. The number of anilines is 2. The van der Waals surface area contributed by atoms with E-state index in [-0.39, 0.29) is 30.3 Å². The number of nitrogens with one attached hydrogen (secondary N) is 2. The molecule has 0 atom stereocenters. The molecule has 204 valence electrons. The van der Waals surface area contributed by atoms with Gasteiger partial charge < -0.3 is 25.2 Å². The molecule has 0 aliphatic heterocycles. The molecule has 4 aromatic rings. The standard InChI is InChI=1S/C29H27N5O6/c1-19-7-11-21(12-8-19)30-28(36)17-34-16-22(32-33-34)18-40-25-13-9-20(15-26(25)39-2)10-14-27(35)31-24-6-4-3-5-23(24)29(37)38/h3-16H,17-18H2,1-2H3,(H,30,36)(H,31,35)(H,37,38)/b14-10+. The van der Waals surface area contributed by atoms with Crippen molar-refractivity contribution >= 4 is 35.2 Å². The lowest BCUT2D eigenvalue weighted by atomic mass is 10.1. The Balaban J connectivity index is 1.32. The van der Waals surface area contributed by atoms with Gasteiger partial charge in [0.05, 0.1) is 24.6 Å². The highest BCUT2D eigenvalue weighted by Gasteiger charge is 2.12. The number of aromatic carboxylic acids is 1. The fourth-order valence-corrected chi connectivity index (χ4v) is 3.65. The molecule has 0 aliphatic rings. The molecule has 0 spiro atoms. The number of carbonyl (C=O) groups is 3. The predicted octanol–water partition coefficient (Wildman–Crippen LogP) is 4.16. The van der Waals surface area contributed by atoms with Gasteiger partial charge in [-0.1, -0.05) is 41.1 Å². The fraction of sp³-hybridized carbons (Fsp3) is 0.138. The molecule has 4 rings (SSSR count). The largest absolute Gasteiger partial charge is 0.493 e. The number of hydrogen-bond donors (Lipinski definition) is 3. The van der Waals surface area contributed by atoms with Crippen LogP contribution in [0.3, 0.4) is 0 Å². The Kier molecular flexibility index (Phi) is 8.88. The normalized spacial score (nSPS) is 10.8. The van der Waals surface area contributed by atoms with E-state index in [9.17, 15) is 19.5 Å². The third-order valence-corrected chi connectivity index (χ3v) is 5.63. The van der Waals surface area contributed by atoms with Crippen LogP contribution in [0.4, 0.5) is 11.4 Å². The van der Waals surface area contributed by atoms with Crippen molar-refractivity contribution in [3.05, 3.63) is 101 Å². The third kappa shape index (κ3) is 7.54. The van der Waals surface area contributed by atoms with Crippen LogP contribution in [0.2, 0.25) is 0 Å². The molecule has 3 aromatic carbocycles. The first-order valence-electron chi connectivity index (χ1n) is 12.2. The molecule has 3 N–H and O–H groups in total. The molecule has 0 bridgehead atoms. The Morgan fingerprint density at radius 3 is 2.52 bits per heavy atom. The lowest BCUT2D eigenvalue weighted by Crippen LogP contribution is -2.19. The van der Waals surface area contributed by atoms with Gasteiger partial charge in [0.15, 0.2) is 11.5 Å². The van der Waals surface area contributed by atoms with E-state index in [1.807, 2.05) is 31.2 Å². The molecule has 40 heavy (non-hydrogen) atoms. The Labute approximate surface area is 230 Å². The maximum absolute atomic E-state index is 12.3. The Morgan fingerprint density at radius 1 is 1.00 bits per heavy atom. The van der Waals surface area contributed by atoms with Gasteiger partial charge in [-0.05, 0) is 55.0 Å². The molecule has 0 radical (unpaired) electrons. The summed E-state index contributed by atoms with van der Waals surface area (Å²) in [5.41, 5.74) is 3.19. The summed E-state index contributed by atoms with van der Waals surface area (Å²) in [4.78, 5) is 35.9. The highest BCUT2D eigenvalue weighted by Crippen LogP contribution is 2.29. The van der Waals surface area contributed by atoms with Gasteiger partial charge in [-0.2, -0.15) is 0 Å². The van der Waals surface area contributed by atoms with E-state index in [1.165, 1.54) is 30.0 Å². The molecule has 2 amide bonds. The number of carbonyl (C=O) groups excluding carboxylic acids is 2. The SMILES string of the molecule is COc1cc(/C=C/C(=O)Nc2ccccc2C(=O)O)ccc1OCc1cn(CC(=O)Nc2ccc(C)cc2)nn1. The van der Waals surface area contributed by atoms with Gasteiger partial charge in [0, 0.05) is 11.8 Å². The van der Waals surface area contributed by atoms with Crippen molar-refractivity contribution in [3.63, 3.8) is 0 Å². The van der Waals surface area contributed by atoms with E-state index in [0.29, 0.717) is 28.4 Å². The third-order valence-electron chi connectivity index (χ3n) is 5.63. The smallest absolute Gasteiger partial charge is 0.337 e. The fourth-order valence-electron chi connectivity index (χ4n) is 3.65. The number of nitrogens with zero attached hydrogens (tertiary/aromatic N) is 3. The van der Waals surface area contributed by atoms with Gasteiger partial charge in [0.1, 0.15) is 18.8 Å². The van der Waals surface area contributed by atoms with Crippen LogP contribution >= 0.6 is 0 Å². The predicted molar refractivity (Wildman–Crippen MR) is 148 cm³/mol. The summed E-state index contributed by atoms with van der Waals surface area (Å²) in [6, 6.07) is 18.8. The molecule has 1 aromatic heterocycles. The highest BCUT2D eigenvalue weighted by molar-refractivity contribution is 6.06. The molecule has 0 unspecified atom stereocenters. The number of aromatic nitrogens is 3. The van der Waals surface area contributed by atoms with Crippen LogP contribution in [0.25, 0.3) is 6.08 Å². The van der Waals surface area contributed by atoms with Crippen LogP contribution in [0.5, 0.6) is 11.5 Å². The van der Waals surface area contributed by atoms with Crippen LogP contribution in [0.15, 0.2) is 79.0 Å². The number of amides is 2. The molecular weight excluding hydrogens is 514 g/mol. The van der Waals surface area contributed by atoms with Gasteiger partial charge in [-0.25, -0.2) is 9.48 Å². The van der Waals surface area contributed by atoms with Crippen LogP contribution in [-0.2, 0) is 22.7 Å². The van der Waals surface area contributed by atoms with Crippen molar-refractivity contribution in [3.8, 4) is 11.5 Å². The molecular formula is C29H27N5O6. The monoisotopic (exact) mass is 541 g/mol. The Bertz CT molecular complexity index is 1540. The van der Waals surface area contributed by atoms with Crippen molar-refractivity contribution in [2.75, 3.05) is 17.7 Å². The number of carboxylic acids is 1. The van der Waals surface area contributed by atoms with Crippen molar-refractivity contribution in [1.29, 1.82) is 0 Å². The lowest BCUT2D eigenvalue weighted by Gasteiger charge is -2.10. The van der Waals surface area contributed by atoms with E-state index in [1.54, 1.807) is 42.6 Å². The van der Waals surface area contributed by atoms with Crippen molar-refractivity contribution in [2.24, 2.45) is 0 Å². The van der Waals surface area contributed by atoms with Crippen LogP contribution in [0, 0.1) is 6.92 Å². The summed E-state index contributed by atoms with van der Waals surface area (Å²) in [5.74, 6) is -0.962. The number of ether oxygens (including phenoxy) is 2. The van der Waals surface area contributed by atoms with Crippen LogP contribution in [0.1, 0.15) is 27.2 Å². The molecule has 1 heterocycles. The zero-order valence-corrected chi connectivity index (χ0v) is 21.8. The number of para-hydroxylation sites is 1. The topological polar surface area (TPSA) is 145 Å². The maximum Gasteiger partial charge on any atom is 0.337 e. The van der Waals surface area contributed by atoms with Crippen molar-refractivity contribution in [2.45, 2.75) is 20.1 Å². The average molecular weight is 542 g/mol. The summed E-state index contributed by atoms with van der Waals surface area (Å²) < 4.78 is 12.7. The van der Waals surface area contributed by atoms with Gasteiger partial charge in [0.2, 0.25) is 11.8 Å². The zero-order valence-electron chi connectivity index (χ0n) is 21.8. The van der Waals surface area contributed by atoms with Gasteiger partial charge in [0.25, 0.3) is 0 Å². The van der Waals surface area contributed by atoms with Crippen LogP contribution in [-0.4, -0.2) is 45.0 Å². The second-order valence-corrected chi connectivity index (χ2v) is 8.69. The minimum Gasteiger partial charge on any atom is -0.493 e. The summed E-state index contributed by atoms with van der Waals surface area (Å²) in [7, 11) is 1.49. The molecule has 11 nitrogen and oxygen atoms in total. The van der Waals surface area contributed by atoms with E-state index in [2.05, 4.69) is 20.9 Å². The summed E-state index contributed by atoms with van der Waals surface area (Å²) in [6.07, 6.45) is 4.49. The maximum atomic E-state index is 12.3. The van der Waals surface area contributed by atoms with E-state index < -0.39 is 11.9 Å². The molecule has 0 saturated carbocycles. The number of carboxylic acid groups (broad SMARTS) is 1.